The number of nitrogens with zero attached hydrogens (tertiary/aromatic N) is 2. The Hall–Kier alpha value is -2.43. The summed E-state index contributed by atoms with van der Waals surface area (Å²) in [6, 6.07) is 9.29. The highest BCUT2D eigenvalue weighted by atomic mass is 16.1. The molecule has 0 aliphatic rings. The quantitative estimate of drug-likeness (QED) is 0.851. The molecule has 0 bridgehead atoms. The van der Waals surface area contributed by atoms with Crippen LogP contribution in [0.2, 0.25) is 0 Å². The molecule has 0 fully saturated rings. The van der Waals surface area contributed by atoms with E-state index in [9.17, 15) is 4.79 Å². The van der Waals surface area contributed by atoms with Gasteiger partial charge < -0.3 is 10.6 Å². The van der Waals surface area contributed by atoms with E-state index in [0.29, 0.717) is 17.4 Å². The Morgan fingerprint density at radius 3 is 2.57 bits per heavy atom. The molecule has 0 spiro atoms. The Labute approximate surface area is 137 Å². The van der Waals surface area contributed by atoms with Crippen LogP contribution in [0.15, 0.2) is 30.3 Å². The van der Waals surface area contributed by atoms with Crippen LogP contribution >= 0.6 is 0 Å². The predicted octanol–water partition coefficient (Wildman–Crippen LogP) is 3.80. The first-order valence-corrected chi connectivity index (χ1v) is 7.92. The zero-order valence-electron chi connectivity index (χ0n) is 14.2. The van der Waals surface area contributed by atoms with E-state index in [2.05, 4.69) is 34.7 Å². The first-order valence-electron chi connectivity index (χ1n) is 7.92. The number of anilines is 2. The molecule has 0 unspecified atom stereocenters. The maximum absolute atomic E-state index is 12.3. The van der Waals surface area contributed by atoms with E-state index >= 15 is 0 Å². The zero-order valence-corrected chi connectivity index (χ0v) is 14.2. The highest BCUT2D eigenvalue weighted by molar-refractivity contribution is 6.03. The van der Waals surface area contributed by atoms with Gasteiger partial charge in [0.05, 0.1) is 0 Å². The SMILES string of the molecule is Cc1cccc(NC(=O)c2ccc(NCCC(C)C)nn2)c1C. The average molecular weight is 312 g/mol. The molecule has 0 radical (unpaired) electrons. The van der Waals surface area contributed by atoms with Crippen LogP contribution in [0.5, 0.6) is 0 Å². The summed E-state index contributed by atoms with van der Waals surface area (Å²) in [5.41, 5.74) is 3.30. The minimum atomic E-state index is -0.250. The summed E-state index contributed by atoms with van der Waals surface area (Å²) >= 11 is 0. The molecule has 1 aromatic heterocycles. The zero-order chi connectivity index (χ0) is 16.8. The van der Waals surface area contributed by atoms with E-state index in [0.717, 1.165) is 29.8 Å². The first-order chi connectivity index (χ1) is 11.0. The number of hydrogen-bond acceptors (Lipinski definition) is 4. The second-order valence-electron chi connectivity index (χ2n) is 6.11. The molecule has 2 aromatic rings. The van der Waals surface area contributed by atoms with Gasteiger partial charge in [-0.3, -0.25) is 4.79 Å². The fourth-order valence-electron chi connectivity index (χ4n) is 2.11. The van der Waals surface area contributed by atoms with Gasteiger partial charge in [-0.15, -0.1) is 10.2 Å². The summed E-state index contributed by atoms with van der Waals surface area (Å²) in [5.74, 6) is 1.08. The van der Waals surface area contributed by atoms with Gasteiger partial charge in [0.25, 0.3) is 5.91 Å². The van der Waals surface area contributed by atoms with Gasteiger partial charge in [0, 0.05) is 12.2 Å². The number of rotatable bonds is 6. The van der Waals surface area contributed by atoms with Crippen molar-refractivity contribution < 1.29 is 4.79 Å². The average Bonchev–Trinajstić information content (AvgIpc) is 2.52. The van der Waals surface area contributed by atoms with Gasteiger partial charge in [0.15, 0.2) is 5.69 Å². The lowest BCUT2D eigenvalue weighted by Gasteiger charge is -2.10. The number of aryl methyl sites for hydroxylation is 1. The maximum atomic E-state index is 12.3. The minimum absolute atomic E-state index is 0.250. The highest BCUT2D eigenvalue weighted by Gasteiger charge is 2.10. The van der Waals surface area contributed by atoms with Crippen LogP contribution in [-0.2, 0) is 0 Å². The molecule has 0 aliphatic heterocycles. The van der Waals surface area contributed by atoms with E-state index < -0.39 is 0 Å². The minimum Gasteiger partial charge on any atom is -0.369 e. The Bertz CT molecular complexity index is 665. The van der Waals surface area contributed by atoms with E-state index in [1.807, 2.05) is 32.0 Å². The summed E-state index contributed by atoms with van der Waals surface area (Å²) in [7, 11) is 0. The van der Waals surface area contributed by atoms with E-state index in [4.69, 9.17) is 0 Å². The number of benzene rings is 1. The van der Waals surface area contributed by atoms with Crippen LogP contribution in [0.4, 0.5) is 11.5 Å². The molecule has 1 heterocycles. The van der Waals surface area contributed by atoms with Gasteiger partial charge in [-0.2, -0.15) is 0 Å². The molecule has 1 aromatic carbocycles. The summed E-state index contributed by atoms with van der Waals surface area (Å²) in [6.45, 7) is 9.20. The van der Waals surface area contributed by atoms with Crippen molar-refractivity contribution in [3.8, 4) is 0 Å². The first kappa shape index (κ1) is 16.9. The molecule has 2 N–H and O–H groups in total. The Morgan fingerprint density at radius 1 is 1.13 bits per heavy atom. The molecule has 0 atom stereocenters. The number of amides is 1. The molecule has 0 aliphatic carbocycles. The highest BCUT2D eigenvalue weighted by Crippen LogP contribution is 2.18. The van der Waals surface area contributed by atoms with Crippen molar-refractivity contribution in [2.45, 2.75) is 34.1 Å². The van der Waals surface area contributed by atoms with Crippen LogP contribution < -0.4 is 10.6 Å². The van der Waals surface area contributed by atoms with Gasteiger partial charge in [0.1, 0.15) is 5.82 Å². The molecule has 5 heteroatoms. The molecule has 1 amide bonds. The molecule has 5 nitrogen and oxygen atoms in total. The third-order valence-corrected chi connectivity index (χ3v) is 3.78. The van der Waals surface area contributed by atoms with Crippen molar-refractivity contribution in [3.05, 3.63) is 47.2 Å². The molecule has 122 valence electrons. The van der Waals surface area contributed by atoms with Gasteiger partial charge in [-0.05, 0) is 55.5 Å². The van der Waals surface area contributed by atoms with Crippen molar-refractivity contribution in [2.24, 2.45) is 5.92 Å². The van der Waals surface area contributed by atoms with Gasteiger partial charge in [-0.25, -0.2) is 0 Å². The van der Waals surface area contributed by atoms with Crippen LogP contribution in [0.3, 0.4) is 0 Å². The number of aromatic nitrogens is 2. The van der Waals surface area contributed by atoms with Crippen LogP contribution in [0.25, 0.3) is 0 Å². The molecular weight excluding hydrogens is 288 g/mol. The van der Waals surface area contributed by atoms with Crippen molar-refractivity contribution in [1.82, 2.24) is 10.2 Å². The fourth-order valence-corrected chi connectivity index (χ4v) is 2.11. The predicted molar refractivity (Wildman–Crippen MR) is 93.8 cm³/mol. The van der Waals surface area contributed by atoms with Gasteiger partial charge in [0.2, 0.25) is 0 Å². The van der Waals surface area contributed by atoms with E-state index in [1.54, 1.807) is 12.1 Å². The second kappa shape index (κ2) is 7.72. The second-order valence-corrected chi connectivity index (χ2v) is 6.11. The van der Waals surface area contributed by atoms with Gasteiger partial charge in [-0.1, -0.05) is 26.0 Å². The number of hydrogen-bond donors (Lipinski definition) is 2. The number of carbonyl (C=O) groups excluding carboxylic acids is 1. The molecular formula is C18H24N4O. The largest absolute Gasteiger partial charge is 0.369 e. The van der Waals surface area contributed by atoms with Gasteiger partial charge >= 0.3 is 0 Å². The van der Waals surface area contributed by atoms with Crippen LogP contribution in [-0.4, -0.2) is 22.6 Å². The Morgan fingerprint density at radius 2 is 1.91 bits per heavy atom. The number of carbonyl (C=O) groups is 1. The topological polar surface area (TPSA) is 66.9 Å². The maximum Gasteiger partial charge on any atom is 0.276 e. The third-order valence-electron chi connectivity index (χ3n) is 3.78. The van der Waals surface area contributed by atoms with Crippen molar-refractivity contribution in [1.29, 1.82) is 0 Å². The third kappa shape index (κ3) is 4.77. The lowest BCUT2D eigenvalue weighted by Crippen LogP contribution is -2.16. The number of nitrogens with one attached hydrogen (secondary N) is 2. The van der Waals surface area contributed by atoms with E-state index in [-0.39, 0.29) is 5.91 Å². The van der Waals surface area contributed by atoms with Crippen LogP contribution in [0, 0.1) is 19.8 Å². The Balaban J connectivity index is 1.98. The lowest BCUT2D eigenvalue weighted by molar-refractivity contribution is 0.102. The smallest absolute Gasteiger partial charge is 0.276 e. The Kier molecular flexibility index (Phi) is 5.68. The molecule has 0 saturated carbocycles. The van der Waals surface area contributed by atoms with Crippen LogP contribution in [0.1, 0.15) is 41.9 Å². The van der Waals surface area contributed by atoms with Crippen molar-refractivity contribution in [3.63, 3.8) is 0 Å². The molecule has 0 saturated heterocycles. The summed E-state index contributed by atoms with van der Waals surface area (Å²) in [5, 5.41) is 14.1. The molecule has 2 rings (SSSR count). The van der Waals surface area contributed by atoms with Crippen molar-refractivity contribution in [2.75, 3.05) is 17.2 Å². The van der Waals surface area contributed by atoms with Crippen molar-refractivity contribution >= 4 is 17.4 Å². The van der Waals surface area contributed by atoms with E-state index in [1.165, 1.54) is 0 Å². The summed E-state index contributed by atoms with van der Waals surface area (Å²) < 4.78 is 0. The normalized spacial score (nSPS) is 10.7. The fraction of sp³-hybridized carbons (Fsp3) is 0.389. The summed E-state index contributed by atoms with van der Waals surface area (Å²) in [4.78, 5) is 12.3. The monoisotopic (exact) mass is 312 g/mol. The summed E-state index contributed by atoms with van der Waals surface area (Å²) in [6.07, 6.45) is 1.07. The standard InChI is InChI=1S/C18H24N4O/c1-12(2)10-11-19-17-9-8-16(21-22-17)18(23)20-15-7-5-6-13(3)14(15)4/h5-9,12H,10-11H2,1-4H3,(H,19,22)(H,20,23). The molecule has 23 heavy (non-hydrogen) atoms. The lowest BCUT2D eigenvalue weighted by atomic mass is 10.1.